The van der Waals surface area contributed by atoms with Crippen molar-refractivity contribution in [2.45, 2.75) is 13.2 Å². The fourth-order valence-corrected chi connectivity index (χ4v) is 1.09. The number of rotatable bonds is 2. The number of ether oxygens (including phenoxy) is 1. The fourth-order valence-electron chi connectivity index (χ4n) is 1.09. The lowest BCUT2D eigenvalue weighted by Crippen LogP contribution is -2.60. The van der Waals surface area contributed by atoms with Crippen LogP contribution in [0, 0.1) is 0 Å². The molecule has 1 heterocycles. The first-order chi connectivity index (χ1) is 6.61. The molecule has 14 heavy (non-hydrogen) atoms. The number of hydrogen-bond acceptors (Lipinski definition) is 3. The maximum atomic E-state index is 11.1. The summed E-state index contributed by atoms with van der Waals surface area (Å²) in [5.74, 6) is -0.742. The SMILES string of the molecule is CCOC1C(=[N+]=[N-])C(=O)NC(=O)N1C. The van der Waals surface area contributed by atoms with Gasteiger partial charge in [-0.3, -0.25) is 15.0 Å². The highest BCUT2D eigenvalue weighted by molar-refractivity contribution is 6.42. The molecular weight excluding hydrogens is 188 g/mol. The minimum Gasteiger partial charge on any atom is -0.361 e. The highest BCUT2D eigenvalue weighted by atomic mass is 16.5. The van der Waals surface area contributed by atoms with Gasteiger partial charge >= 0.3 is 17.6 Å². The molecule has 0 aliphatic carbocycles. The van der Waals surface area contributed by atoms with Crippen LogP contribution in [0.25, 0.3) is 5.53 Å². The summed E-state index contributed by atoms with van der Waals surface area (Å²) in [5, 5.41) is 2.00. The predicted octanol–water partition coefficient (Wildman–Crippen LogP) is -0.799. The number of hydrogen-bond donors (Lipinski definition) is 1. The van der Waals surface area contributed by atoms with Crippen molar-refractivity contribution in [2.24, 2.45) is 0 Å². The van der Waals surface area contributed by atoms with Gasteiger partial charge in [-0.2, -0.15) is 4.79 Å². The number of carbonyl (C=O) groups is 2. The van der Waals surface area contributed by atoms with Crippen molar-refractivity contribution in [3.63, 3.8) is 0 Å². The first-order valence-corrected chi connectivity index (χ1v) is 4.03. The van der Waals surface area contributed by atoms with Crippen LogP contribution < -0.4 is 5.32 Å². The number of imide groups is 1. The van der Waals surface area contributed by atoms with Crippen LogP contribution in [0.5, 0.6) is 0 Å². The van der Waals surface area contributed by atoms with Crippen LogP contribution in [0.3, 0.4) is 0 Å². The van der Waals surface area contributed by atoms with E-state index in [0.717, 1.165) is 4.90 Å². The largest absolute Gasteiger partial charge is 0.405 e. The highest BCUT2D eigenvalue weighted by Crippen LogP contribution is 2.06. The van der Waals surface area contributed by atoms with Crippen molar-refractivity contribution >= 4 is 17.6 Å². The van der Waals surface area contributed by atoms with Gasteiger partial charge in [0.15, 0.2) is 0 Å². The molecule has 0 bridgehead atoms. The lowest BCUT2D eigenvalue weighted by molar-refractivity contribution is -0.125. The normalized spacial score (nSPS) is 22.0. The number of amides is 3. The number of nitrogens with one attached hydrogen (secondary N) is 1. The molecule has 0 saturated carbocycles. The number of nitrogens with zero attached hydrogens (tertiary/aromatic N) is 3. The van der Waals surface area contributed by atoms with E-state index >= 15 is 0 Å². The van der Waals surface area contributed by atoms with Crippen LogP contribution in [0.1, 0.15) is 6.92 Å². The molecule has 0 aromatic heterocycles. The summed E-state index contributed by atoms with van der Waals surface area (Å²) in [7, 11) is 1.44. The van der Waals surface area contributed by atoms with Crippen LogP contribution in [0.15, 0.2) is 0 Å². The van der Waals surface area contributed by atoms with Gasteiger partial charge in [0.1, 0.15) is 0 Å². The van der Waals surface area contributed by atoms with Crippen LogP contribution in [-0.2, 0) is 9.53 Å². The maximum Gasteiger partial charge on any atom is 0.405 e. The quantitative estimate of drug-likeness (QED) is 0.464. The second-order valence-corrected chi connectivity index (χ2v) is 2.66. The molecule has 1 aliphatic heterocycles. The molecular formula is C7H10N4O3. The van der Waals surface area contributed by atoms with Crippen molar-refractivity contribution in [3.05, 3.63) is 5.53 Å². The molecule has 1 atom stereocenters. The third kappa shape index (κ3) is 1.63. The van der Waals surface area contributed by atoms with Gasteiger partial charge in [-0.15, -0.1) is 0 Å². The minimum atomic E-state index is -0.925. The molecule has 0 aromatic carbocycles. The van der Waals surface area contributed by atoms with Crippen LogP contribution >= 0.6 is 0 Å². The van der Waals surface area contributed by atoms with Crippen molar-refractivity contribution in [3.8, 4) is 0 Å². The third-order valence-electron chi connectivity index (χ3n) is 1.79. The summed E-state index contributed by atoms with van der Waals surface area (Å²) in [6.07, 6.45) is -0.925. The smallest absolute Gasteiger partial charge is 0.361 e. The van der Waals surface area contributed by atoms with Crippen molar-refractivity contribution < 1.29 is 19.1 Å². The molecule has 76 valence electrons. The molecule has 0 aromatic rings. The Morgan fingerprint density at radius 3 is 2.79 bits per heavy atom. The van der Waals surface area contributed by atoms with E-state index in [1.807, 2.05) is 5.32 Å². The van der Waals surface area contributed by atoms with E-state index in [1.165, 1.54) is 7.05 Å². The summed E-state index contributed by atoms with van der Waals surface area (Å²) >= 11 is 0. The lowest BCUT2D eigenvalue weighted by Gasteiger charge is -2.27. The lowest BCUT2D eigenvalue weighted by atomic mass is 10.2. The van der Waals surface area contributed by atoms with E-state index in [1.54, 1.807) is 6.92 Å². The second-order valence-electron chi connectivity index (χ2n) is 2.66. The van der Waals surface area contributed by atoms with Gasteiger partial charge in [0, 0.05) is 13.7 Å². The molecule has 0 radical (unpaired) electrons. The summed E-state index contributed by atoms with van der Waals surface area (Å²) in [5.41, 5.74) is 8.34. The highest BCUT2D eigenvalue weighted by Gasteiger charge is 2.43. The Bertz CT molecular complexity index is 321. The Kier molecular flexibility index (Phi) is 2.95. The Hall–Kier alpha value is -1.72. The minimum absolute atomic E-state index is 0.228. The number of urea groups is 1. The first kappa shape index (κ1) is 10.4. The van der Waals surface area contributed by atoms with Gasteiger partial charge in [-0.1, -0.05) is 0 Å². The standard InChI is InChI=1S/C7H10N4O3/c1-3-14-6-4(10-8)5(12)9-7(13)11(6)2/h6H,3H2,1-2H3,(H,9,12,13). The van der Waals surface area contributed by atoms with Gasteiger partial charge < -0.3 is 10.3 Å². The topological polar surface area (TPSA) is 95.0 Å². The molecule has 1 N–H and O–H groups in total. The van der Waals surface area contributed by atoms with Gasteiger partial charge in [0.05, 0.1) is 0 Å². The molecule has 1 saturated heterocycles. The van der Waals surface area contributed by atoms with Crippen LogP contribution in [-0.4, -0.2) is 47.2 Å². The van der Waals surface area contributed by atoms with E-state index in [2.05, 4.69) is 4.79 Å². The summed E-state index contributed by atoms with van der Waals surface area (Å²) in [6.45, 7) is 2.01. The Morgan fingerprint density at radius 2 is 2.29 bits per heavy atom. The Morgan fingerprint density at radius 1 is 1.64 bits per heavy atom. The van der Waals surface area contributed by atoms with Crippen molar-refractivity contribution in [2.75, 3.05) is 13.7 Å². The molecule has 0 spiro atoms. The van der Waals surface area contributed by atoms with Gasteiger partial charge in [-0.05, 0) is 6.92 Å². The van der Waals surface area contributed by atoms with E-state index in [4.69, 9.17) is 10.3 Å². The van der Waals surface area contributed by atoms with E-state index in [0.29, 0.717) is 6.61 Å². The molecule has 3 amide bonds. The summed E-state index contributed by atoms with van der Waals surface area (Å²) in [6, 6.07) is -0.583. The maximum absolute atomic E-state index is 11.1. The average molecular weight is 198 g/mol. The van der Waals surface area contributed by atoms with E-state index < -0.39 is 18.2 Å². The van der Waals surface area contributed by atoms with E-state index in [-0.39, 0.29) is 5.71 Å². The molecule has 1 unspecified atom stereocenters. The zero-order valence-corrected chi connectivity index (χ0v) is 7.85. The second kappa shape index (κ2) is 3.99. The van der Waals surface area contributed by atoms with Crippen LogP contribution in [0.2, 0.25) is 0 Å². The molecule has 1 aliphatic rings. The Labute approximate surface area is 80.3 Å². The monoisotopic (exact) mass is 198 g/mol. The summed E-state index contributed by atoms with van der Waals surface area (Å²) < 4.78 is 5.09. The van der Waals surface area contributed by atoms with Gasteiger partial charge in [-0.25, -0.2) is 4.79 Å². The van der Waals surface area contributed by atoms with Gasteiger partial charge in [0.25, 0.3) is 0 Å². The summed E-state index contributed by atoms with van der Waals surface area (Å²) in [4.78, 5) is 26.2. The average Bonchev–Trinajstić information content (AvgIpc) is 2.14. The van der Waals surface area contributed by atoms with E-state index in [9.17, 15) is 9.59 Å². The van der Waals surface area contributed by atoms with Gasteiger partial charge in [0.2, 0.25) is 6.23 Å². The number of carbonyl (C=O) groups excluding carboxylic acids is 2. The van der Waals surface area contributed by atoms with Crippen LogP contribution in [0.4, 0.5) is 4.79 Å². The molecule has 7 nitrogen and oxygen atoms in total. The fraction of sp³-hybridized carbons (Fsp3) is 0.571. The zero-order chi connectivity index (χ0) is 10.7. The molecule has 1 fully saturated rings. The third-order valence-corrected chi connectivity index (χ3v) is 1.79. The van der Waals surface area contributed by atoms with Crippen molar-refractivity contribution in [1.29, 1.82) is 0 Å². The molecule has 1 rings (SSSR count). The Balaban J connectivity index is 2.99. The zero-order valence-electron chi connectivity index (χ0n) is 7.85. The first-order valence-electron chi connectivity index (χ1n) is 4.03. The molecule has 7 heteroatoms. The van der Waals surface area contributed by atoms with Crippen molar-refractivity contribution in [1.82, 2.24) is 10.2 Å². The predicted molar refractivity (Wildman–Crippen MR) is 45.3 cm³/mol.